The van der Waals surface area contributed by atoms with Gasteiger partial charge < -0.3 is 5.32 Å². The second-order valence-corrected chi connectivity index (χ2v) is 8.67. The standard InChI is InChI=1S/C21H26N2O3S/c1-3-23(4-2)27(25,26)18-12-7-11-17(15-18)21(24)22-20-14-8-10-16-9-5-6-13-19(16)20/h5-7,9,11-13,15,20H,3-4,8,10,14H2,1-2H3,(H,22,24)/t20-/m0/s1. The molecule has 2 aromatic carbocycles. The lowest BCUT2D eigenvalue weighted by atomic mass is 9.87. The number of carbonyl (C=O) groups is 1. The maximum absolute atomic E-state index is 12.8. The summed E-state index contributed by atoms with van der Waals surface area (Å²) >= 11 is 0. The molecule has 1 amide bonds. The molecule has 5 nitrogen and oxygen atoms in total. The lowest BCUT2D eigenvalue weighted by Gasteiger charge is -2.26. The molecule has 1 aliphatic carbocycles. The van der Waals surface area contributed by atoms with E-state index in [1.54, 1.807) is 32.0 Å². The predicted molar refractivity (Wildman–Crippen MR) is 106 cm³/mol. The van der Waals surface area contributed by atoms with Gasteiger partial charge in [-0.25, -0.2) is 8.42 Å². The Kier molecular flexibility index (Phi) is 5.97. The Bertz CT molecular complexity index is 921. The highest BCUT2D eigenvalue weighted by Gasteiger charge is 2.24. The molecule has 0 unspecified atom stereocenters. The van der Waals surface area contributed by atoms with Crippen molar-refractivity contribution >= 4 is 15.9 Å². The van der Waals surface area contributed by atoms with E-state index in [9.17, 15) is 13.2 Å². The second kappa shape index (κ2) is 8.23. The maximum atomic E-state index is 12.8. The van der Waals surface area contributed by atoms with Gasteiger partial charge >= 0.3 is 0 Å². The number of hydrogen-bond donors (Lipinski definition) is 1. The Morgan fingerprint density at radius 3 is 2.59 bits per heavy atom. The van der Waals surface area contributed by atoms with Gasteiger partial charge in [0.05, 0.1) is 10.9 Å². The summed E-state index contributed by atoms with van der Waals surface area (Å²) in [6, 6.07) is 14.4. The Morgan fingerprint density at radius 2 is 1.85 bits per heavy atom. The molecule has 1 atom stereocenters. The summed E-state index contributed by atoms with van der Waals surface area (Å²) in [6.07, 6.45) is 2.94. The number of fused-ring (bicyclic) bond motifs is 1. The summed E-state index contributed by atoms with van der Waals surface area (Å²) in [5.41, 5.74) is 2.79. The normalized spacial score (nSPS) is 16.8. The summed E-state index contributed by atoms with van der Waals surface area (Å²) in [7, 11) is -3.59. The summed E-state index contributed by atoms with van der Waals surface area (Å²) < 4.78 is 26.8. The molecule has 0 aliphatic heterocycles. The molecule has 0 saturated carbocycles. The number of hydrogen-bond acceptors (Lipinski definition) is 3. The van der Waals surface area contributed by atoms with Gasteiger partial charge in [0.25, 0.3) is 5.91 Å². The fraction of sp³-hybridized carbons (Fsp3) is 0.381. The lowest BCUT2D eigenvalue weighted by Crippen LogP contribution is -2.32. The Balaban J connectivity index is 1.83. The molecule has 1 aliphatic rings. The molecule has 0 bridgehead atoms. The van der Waals surface area contributed by atoms with Gasteiger partial charge in [-0.05, 0) is 48.6 Å². The summed E-state index contributed by atoms with van der Waals surface area (Å²) in [5, 5.41) is 3.08. The third kappa shape index (κ3) is 4.06. The fourth-order valence-electron chi connectivity index (χ4n) is 3.66. The molecular weight excluding hydrogens is 360 g/mol. The molecule has 0 fully saturated rings. The summed E-state index contributed by atoms with van der Waals surface area (Å²) in [5.74, 6) is -0.242. The van der Waals surface area contributed by atoms with Gasteiger partial charge in [-0.2, -0.15) is 4.31 Å². The second-order valence-electron chi connectivity index (χ2n) is 6.73. The van der Waals surface area contributed by atoms with Crippen molar-refractivity contribution in [1.82, 2.24) is 9.62 Å². The van der Waals surface area contributed by atoms with Crippen LogP contribution in [0.4, 0.5) is 0 Å². The van der Waals surface area contributed by atoms with Gasteiger partial charge in [0, 0.05) is 18.7 Å². The Hall–Kier alpha value is -2.18. The van der Waals surface area contributed by atoms with E-state index >= 15 is 0 Å². The highest BCUT2D eigenvalue weighted by atomic mass is 32.2. The summed E-state index contributed by atoms with van der Waals surface area (Å²) in [6.45, 7) is 4.40. The number of amides is 1. The zero-order chi connectivity index (χ0) is 19.4. The zero-order valence-electron chi connectivity index (χ0n) is 15.8. The number of nitrogens with one attached hydrogen (secondary N) is 1. The van der Waals surface area contributed by atoms with Crippen LogP contribution in [0.2, 0.25) is 0 Å². The molecule has 0 radical (unpaired) electrons. The van der Waals surface area contributed by atoms with E-state index in [1.807, 2.05) is 12.1 Å². The van der Waals surface area contributed by atoms with Crippen LogP contribution in [-0.4, -0.2) is 31.7 Å². The minimum Gasteiger partial charge on any atom is -0.345 e. The van der Waals surface area contributed by atoms with Gasteiger partial charge in [-0.1, -0.05) is 44.2 Å². The third-order valence-corrected chi connectivity index (χ3v) is 7.16. The highest BCUT2D eigenvalue weighted by molar-refractivity contribution is 7.89. The number of carbonyl (C=O) groups excluding carboxylic acids is 1. The smallest absolute Gasteiger partial charge is 0.251 e. The fourth-order valence-corrected chi connectivity index (χ4v) is 5.16. The molecule has 2 aromatic rings. The molecule has 6 heteroatoms. The van der Waals surface area contributed by atoms with Gasteiger partial charge in [-0.3, -0.25) is 4.79 Å². The number of aryl methyl sites for hydroxylation is 1. The van der Waals surface area contributed by atoms with E-state index in [1.165, 1.54) is 15.9 Å². The van der Waals surface area contributed by atoms with Crippen LogP contribution >= 0.6 is 0 Å². The van der Waals surface area contributed by atoms with E-state index < -0.39 is 10.0 Å². The lowest BCUT2D eigenvalue weighted by molar-refractivity contribution is 0.0932. The van der Waals surface area contributed by atoms with E-state index in [-0.39, 0.29) is 16.8 Å². The maximum Gasteiger partial charge on any atom is 0.251 e. The molecule has 3 rings (SSSR count). The van der Waals surface area contributed by atoms with Crippen molar-refractivity contribution in [3.63, 3.8) is 0 Å². The molecular formula is C21H26N2O3S. The first-order valence-corrected chi connectivity index (χ1v) is 10.9. The van der Waals surface area contributed by atoms with Crippen LogP contribution in [-0.2, 0) is 16.4 Å². The van der Waals surface area contributed by atoms with Crippen molar-refractivity contribution < 1.29 is 13.2 Å². The van der Waals surface area contributed by atoms with E-state index in [2.05, 4.69) is 17.4 Å². The van der Waals surface area contributed by atoms with E-state index in [4.69, 9.17) is 0 Å². The van der Waals surface area contributed by atoms with Gasteiger partial charge in [0.2, 0.25) is 10.0 Å². The predicted octanol–water partition coefficient (Wildman–Crippen LogP) is 3.52. The minimum absolute atomic E-state index is 0.0366. The first-order valence-electron chi connectivity index (χ1n) is 9.46. The van der Waals surface area contributed by atoms with Crippen molar-refractivity contribution in [3.05, 3.63) is 65.2 Å². The van der Waals surface area contributed by atoms with Crippen LogP contribution in [0.15, 0.2) is 53.4 Å². The number of nitrogens with zero attached hydrogens (tertiary/aromatic N) is 1. The van der Waals surface area contributed by atoms with Crippen molar-refractivity contribution in [3.8, 4) is 0 Å². The molecule has 0 saturated heterocycles. The number of rotatable bonds is 6. The van der Waals surface area contributed by atoms with Crippen molar-refractivity contribution in [2.24, 2.45) is 0 Å². The topological polar surface area (TPSA) is 66.5 Å². The van der Waals surface area contributed by atoms with Crippen molar-refractivity contribution in [2.45, 2.75) is 44.0 Å². The molecule has 0 spiro atoms. The van der Waals surface area contributed by atoms with Crippen molar-refractivity contribution in [1.29, 1.82) is 0 Å². The highest BCUT2D eigenvalue weighted by Crippen LogP contribution is 2.29. The van der Waals surface area contributed by atoms with E-state index in [0.29, 0.717) is 18.7 Å². The van der Waals surface area contributed by atoms with Crippen LogP contribution in [0.5, 0.6) is 0 Å². The van der Waals surface area contributed by atoms with Crippen LogP contribution in [0.3, 0.4) is 0 Å². The number of benzene rings is 2. The summed E-state index contributed by atoms with van der Waals surface area (Å²) in [4.78, 5) is 12.9. The molecule has 1 N–H and O–H groups in total. The van der Waals surface area contributed by atoms with Gasteiger partial charge in [0.1, 0.15) is 0 Å². The molecule has 0 aromatic heterocycles. The van der Waals surface area contributed by atoms with Crippen LogP contribution in [0, 0.1) is 0 Å². The average molecular weight is 387 g/mol. The van der Waals surface area contributed by atoms with Gasteiger partial charge in [-0.15, -0.1) is 0 Å². The van der Waals surface area contributed by atoms with Crippen LogP contribution in [0.1, 0.15) is 54.2 Å². The van der Waals surface area contributed by atoms with Gasteiger partial charge in [0.15, 0.2) is 0 Å². The molecule has 0 heterocycles. The monoisotopic (exact) mass is 386 g/mol. The Labute approximate surface area is 161 Å². The Morgan fingerprint density at radius 1 is 1.11 bits per heavy atom. The number of sulfonamides is 1. The SMILES string of the molecule is CCN(CC)S(=O)(=O)c1cccc(C(=O)N[C@H]2CCCc3ccccc32)c1. The quantitative estimate of drug-likeness (QED) is 0.826. The van der Waals surface area contributed by atoms with Crippen LogP contribution in [0.25, 0.3) is 0 Å². The largest absolute Gasteiger partial charge is 0.345 e. The zero-order valence-corrected chi connectivity index (χ0v) is 16.6. The van der Waals surface area contributed by atoms with Crippen molar-refractivity contribution in [2.75, 3.05) is 13.1 Å². The minimum atomic E-state index is -3.59. The molecule has 144 valence electrons. The third-order valence-electron chi connectivity index (χ3n) is 5.11. The first-order chi connectivity index (χ1) is 13.0. The van der Waals surface area contributed by atoms with E-state index in [0.717, 1.165) is 24.8 Å². The van der Waals surface area contributed by atoms with Crippen LogP contribution < -0.4 is 5.32 Å². The first kappa shape index (κ1) is 19.6. The molecule has 27 heavy (non-hydrogen) atoms. The average Bonchev–Trinajstić information content (AvgIpc) is 2.69.